The molecule has 1 aromatic carbocycles. The number of amides is 1. The van der Waals surface area contributed by atoms with E-state index in [9.17, 15) is 4.79 Å². The molecule has 0 saturated carbocycles. The molecular weight excluding hydrogens is 345 g/mol. The van der Waals surface area contributed by atoms with Gasteiger partial charge in [0.05, 0.1) is 12.1 Å². The summed E-state index contributed by atoms with van der Waals surface area (Å²) in [6.07, 6.45) is 0. The van der Waals surface area contributed by atoms with Crippen LogP contribution >= 0.6 is 33.9 Å². The Kier molecular flexibility index (Phi) is 4.17. The van der Waals surface area contributed by atoms with Crippen molar-refractivity contribution in [2.24, 2.45) is 0 Å². The number of carbonyl (C=O) groups excluding carboxylic acids is 1. The number of benzene rings is 1. The normalized spacial score (nSPS) is 10.2. The number of halogens is 1. The minimum atomic E-state index is 0.0726. The highest BCUT2D eigenvalue weighted by atomic mass is 127. The van der Waals surface area contributed by atoms with E-state index in [-0.39, 0.29) is 5.91 Å². The Balaban J connectivity index is 2.13. The molecule has 0 aliphatic carbocycles. The molecule has 1 aromatic heterocycles. The monoisotopic (exact) mass is 357 g/mol. The standard InChI is InChI=1S/C13H12INOS/c1-15(9-10-5-4-8-17-10)13(16)11-6-2-3-7-12(11)14/h2-8H,9H2,1H3. The summed E-state index contributed by atoms with van der Waals surface area (Å²) in [4.78, 5) is 15.2. The van der Waals surface area contributed by atoms with Crippen molar-refractivity contribution in [3.05, 3.63) is 55.8 Å². The van der Waals surface area contributed by atoms with Gasteiger partial charge in [-0.15, -0.1) is 11.3 Å². The molecule has 0 atom stereocenters. The fraction of sp³-hybridized carbons (Fsp3) is 0.154. The van der Waals surface area contributed by atoms with Gasteiger partial charge in [-0.25, -0.2) is 0 Å². The zero-order valence-electron chi connectivity index (χ0n) is 9.39. The summed E-state index contributed by atoms with van der Waals surface area (Å²) in [7, 11) is 1.84. The van der Waals surface area contributed by atoms with Gasteiger partial charge in [0.2, 0.25) is 0 Å². The number of nitrogens with zero attached hydrogens (tertiary/aromatic N) is 1. The average molecular weight is 357 g/mol. The summed E-state index contributed by atoms with van der Waals surface area (Å²) in [6, 6.07) is 11.7. The molecule has 2 aromatic rings. The second-order valence-corrected chi connectivity index (χ2v) is 5.91. The molecule has 2 rings (SSSR count). The molecule has 88 valence electrons. The maximum absolute atomic E-state index is 12.2. The highest BCUT2D eigenvalue weighted by Gasteiger charge is 2.14. The summed E-state index contributed by atoms with van der Waals surface area (Å²) in [5.74, 6) is 0.0726. The number of carbonyl (C=O) groups is 1. The van der Waals surface area contributed by atoms with Crippen LogP contribution in [0.25, 0.3) is 0 Å². The number of rotatable bonds is 3. The average Bonchev–Trinajstić information content (AvgIpc) is 2.81. The van der Waals surface area contributed by atoms with E-state index in [4.69, 9.17) is 0 Å². The van der Waals surface area contributed by atoms with Gasteiger partial charge in [0.1, 0.15) is 0 Å². The van der Waals surface area contributed by atoms with Crippen molar-refractivity contribution in [1.29, 1.82) is 0 Å². The Labute approximate surface area is 118 Å². The fourth-order valence-electron chi connectivity index (χ4n) is 1.55. The van der Waals surface area contributed by atoms with Crippen LogP contribution in [0.15, 0.2) is 41.8 Å². The van der Waals surface area contributed by atoms with Gasteiger partial charge >= 0.3 is 0 Å². The molecule has 2 nitrogen and oxygen atoms in total. The molecule has 1 heterocycles. The zero-order chi connectivity index (χ0) is 12.3. The van der Waals surface area contributed by atoms with Crippen molar-refractivity contribution >= 4 is 39.8 Å². The summed E-state index contributed by atoms with van der Waals surface area (Å²) in [5, 5.41) is 2.03. The van der Waals surface area contributed by atoms with Crippen LogP contribution in [0.1, 0.15) is 15.2 Å². The van der Waals surface area contributed by atoms with Crippen LogP contribution in [-0.4, -0.2) is 17.9 Å². The van der Waals surface area contributed by atoms with E-state index in [1.807, 2.05) is 48.8 Å². The van der Waals surface area contributed by atoms with E-state index in [1.54, 1.807) is 16.2 Å². The minimum absolute atomic E-state index is 0.0726. The molecule has 0 fully saturated rings. The Morgan fingerprint density at radius 1 is 1.29 bits per heavy atom. The minimum Gasteiger partial charge on any atom is -0.337 e. The highest BCUT2D eigenvalue weighted by Crippen LogP contribution is 2.16. The Bertz CT molecular complexity index is 510. The first-order valence-electron chi connectivity index (χ1n) is 5.21. The second kappa shape index (κ2) is 5.64. The lowest BCUT2D eigenvalue weighted by molar-refractivity contribution is 0.0785. The van der Waals surface area contributed by atoms with Gasteiger partial charge in [0.15, 0.2) is 0 Å². The van der Waals surface area contributed by atoms with Crippen molar-refractivity contribution in [3.63, 3.8) is 0 Å². The van der Waals surface area contributed by atoms with Crippen LogP contribution in [0.5, 0.6) is 0 Å². The van der Waals surface area contributed by atoms with E-state index in [0.717, 1.165) is 9.13 Å². The predicted molar refractivity (Wildman–Crippen MR) is 79.3 cm³/mol. The van der Waals surface area contributed by atoms with Crippen molar-refractivity contribution in [1.82, 2.24) is 4.90 Å². The Morgan fingerprint density at radius 3 is 2.71 bits per heavy atom. The van der Waals surface area contributed by atoms with E-state index in [0.29, 0.717) is 6.54 Å². The summed E-state index contributed by atoms with van der Waals surface area (Å²) >= 11 is 3.87. The molecule has 1 amide bonds. The lowest BCUT2D eigenvalue weighted by Gasteiger charge is -2.17. The van der Waals surface area contributed by atoms with Crippen molar-refractivity contribution < 1.29 is 4.79 Å². The summed E-state index contributed by atoms with van der Waals surface area (Å²) < 4.78 is 0.994. The fourth-order valence-corrected chi connectivity index (χ4v) is 2.92. The van der Waals surface area contributed by atoms with Crippen LogP contribution in [-0.2, 0) is 6.54 Å². The van der Waals surface area contributed by atoms with Crippen molar-refractivity contribution in [2.45, 2.75) is 6.54 Å². The van der Waals surface area contributed by atoms with Crippen LogP contribution in [0, 0.1) is 3.57 Å². The van der Waals surface area contributed by atoms with E-state index in [2.05, 4.69) is 22.6 Å². The molecule has 0 unspecified atom stereocenters. The third-order valence-corrected chi connectivity index (χ3v) is 4.23. The Morgan fingerprint density at radius 2 is 2.06 bits per heavy atom. The third kappa shape index (κ3) is 3.07. The van der Waals surface area contributed by atoms with E-state index >= 15 is 0 Å². The third-order valence-electron chi connectivity index (χ3n) is 2.42. The lowest BCUT2D eigenvalue weighted by Crippen LogP contribution is -2.26. The van der Waals surface area contributed by atoms with E-state index in [1.165, 1.54) is 4.88 Å². The first kappa shape index (κ1) is 12.6. The molecule has 0 bridgehead atoms. The van der Waals surface area contributed by atoms with Crippen LogP contribution in [0.3, 0.4) is 0 Å². The van der Waals surface area contributed by atoms with Crippen molar-refractivity contribution in [3.8, 4) is 0 Å². The van der Waals surface area contributed by atoms with Gasteiger partial charge in [-0.05, 0) is 46.2 Å². The number of thiophene rings is 1. The lowest BCUT2D eigenvalue weighted by atomic mass is 10.2. The van der Waals surface area contributed by atoms with Crippen LogP contribution in [0.4, 0.5) is 0 Å². The molecule has 4 heteroatoms. The number of hydrogen-bond acceptors (Lipinski definition) is 2. The molecule has 0 spiro atoms. The highest BCUT2D eigenvalue weighted by molar-refractivity contribution is 14.1. The largest absolute Gasteiger partial charge is 0.337 e. The predicted octanol–water partition coefficient (Wildman–Crippen LogP) is 3.62. The van der Waals surface area contributed by atoms with Crippen LogP contribution < -0.4 is 0 Å². The van der Waals surface area contributed by atoms with Gasteiger partial charge in [-0.3, -0.25) is 4.79 Å². The topological polar surface area (TPSA) is 20.3 Å². The molecule has 0 aliphatic rings. The molecule has 0 N–H and O–H groups in total. The first-order valence-corrected chi connectivity index (χ1v) is 7.16. The summed E-state index contributed by atoms with van der Waals surface area (Å²) in [6.45, 7) is 0.668. The van der Waals surface area contributed by atoms with Gasteiger partial charge < -0.3 is 4.90 Å². The van der Waals surface area contributed by atoms with Crippen molar-refractivity contribution in [2.75, 3.05) is 7.05 Å². The SMILES string of the molecule is CN(Cc1cccs1)C(=O)c1ccccc1I. The van der Waals surface area contributed by atoms with Gasteiger partial charge in [-0.2, -0.15) is 0 Å². The quantitative estimate of drug-likeness (QED) is 0.769. The molecular formula is C13H12INOS. The number of hydrogen-bond donors (Lipinski definition) is 0. The first-order chi connectivity index (χ1) is 8.18. The zero-order valence-corrected chi connectivity index (χ0v) is 12.4. The summed E-state index contributed by atoms with van der Waals surface area (Å²) in [5.41, 5.74) is 0.771. The second-order valence-electron chi connectivity index (χ2n) is 3.72. The molecule has 17 heavy (non-hydrogen) atoms. The van der Waals surface area contributed by atoms with Gasteiger partial charge in [0.25, 0.3) is 5.91 Å². The maximum atomic E-state index is 12.2. The molecule has 0 radical (unpaired) electrons. The smallest absolute Gasteiger partial charge is 0.254 e. The van der Waals surface area contributed by atoms with Gasteiger partial charge in [0, 0.05) is 15.5 Å². The van der Waals surface area contributed by atoms with Crippen LogP contribution in [0.2, 0.25) is 0 Å². The Hall–Kier alpha value is -0.880. The van der Waals surface area contributed by atoms with E-state index < -0.39 is 0 Å². The maximum Gasteiger partial charge on any atom is 0.254 e. The molecule has 0 aliphatic heterocycles. The molecule has 0 saturated heterocycles. The van der Waals surface area contributed by atoms with Gasteiger partial charge in [-0.1, -0.05) is 18.2 Å².